The van der Waals surface area contributed by atoms with Gasteiger partial charge in [0.25, 0.3) is 0 Å². The summed E-state index contributed by atoms with van der Waals surface area (Å²) in [6, 6.07) is 10.2. The lowest BCUT2D eigenvalue weighted by atomic mass is 10.3. The number of rotatable bonds is 5. The molecule has 1 aromatic carbocycles. The monoisotopic (exact) mass is 411 g/mol. The van der Waals surface area contributed by atoms with E-state index in [4.69, 9.17) is 4.42 Å². The molecule has 21 heavy (non-hydrogen) atoms. The summed E-state index contributed by atoms with van der Waals surface area (Å²) in [5.41, 5.74) is 2.23. The van der Waals surface area contributed by atoms with Gasteiger partial charge in [0.05, 0.1) is 22.1 Å². The second-order valence-electron chi connectivity index (χ2n) is 4.81. The van der Waals surface area contributed by atoms with Crippen molar-refractivity contribution in [3.8, 4) is 0 Å². The molecule has 0 aliphatic rings. The molecule has 0 spiro atoms. The highest BCUT2D eigenvalue weighted by Crippen LogP contribution is 2.26. The fourth-order valence-electron chi connectivity index (χ4n) is 2.36. The molecule has 2 heterocycles. The summed E-state index contributed by atoms with van der Waals surface area (Å²) in [6.07, 6.45) is 0. The molecule has 2 aromatic heterocycles. The van der Waals surface area contributed by atoms with Crippen LogP contribution in [0.5, 0.6) is 0 Å². The number of hydrogen-bond donors (Lipinski definition) is 1. The van der Waals surface area contributed by atoms with E-state index in [2.05, 4.69) is 52.8 Å². The lowest BCUT2D eigenvalue weighted by molar-refractivity contribution is 0.459. The van der Waals surface area contributed by atoms with Crippen molar-refractivity contribution in [2.75, 3.05) is 6.54 Å². The zero-order chi connectivity index (χ0) is 14.8. The van der Waals surface area contributed by atoms with E-state index in [1.54, 1.807) is 0 Å². The van der Waals surface area contributed by atoms with Crippen LogP contribution in [0, 0.1) is 6.92 Å². The molecule has 4 nitrogen and oxygen atoms in total. The molecule has 0 fully saturated rings. The lowest BCUT2D eigenvalue weighted by Crippen LogP contribution is -2.19. The first-order valence-corrected chi connectivity index (χ1v) is 8.30. The molecule has 0 atom stereocenters. The van der Waals surface area contributed by atoms with Crippen LogP contribution in [0.1, 0.15) is 11.6 Å². The standard InChI is InChI=1S/C15H15Br2N3O/c1-10-19-13-4-2-3-5-14(13)20(10)7-6-18-9-11-8-12(16)15(17)21-11/h2-5,8,18H,6-7,9H2,1H3. The third-order valence-electron chi connectivity index (χ3n) is 3.35. The summed E-state index contributed by atoms with van der Waals surface area (Å²) in [5.74, 6) is 1.95. The number of imidazole rings is 1. The molecule has 0 radical (unpaired) electrons. The van der Waals surface area contributed by atoms with Gasteiger partial charge in [-0.1, -0.05) is 12.1 Å². The number of fused-ring (bicyclic) bond motifs is 1. The summed E-state index contributed by atoms with van der Waals surface area (Å²) in [7, 11) is 0. The van der Waals surface area contributed by atoms with E-state index in [1.165, 1.54) is 5.52 Å². The SMILES string of the molecule is Cc1nc2ccccc2n1CCNCc1cc(Br)c(Br)o1. The molecule has 3 rings (SSSR count). The quantitative estimate of drug-likeness (QED) is 0.637. The zero-order valence-electron chi connectivity index (χ0n) is 11.6. The van der Waals surface area contributed by atoms with Crippen molar-refractivity contribution in [3.63, 3.8) is 0 Å². The van der Waals surface area contributed by atoms with Crippen LogP contribution in [0.3, 0.4) is 0 Å². The maximum Gasteiger partial charge on any atom is 0.183 e. The van der Waals surface area contributed by atoms with Crippen molar-refractivity contribution in [3.05, 3.63) is 51.1 Å². The Bertz CT molecular complexity index is 744. The molecule has 0 aliphatic carbocycles. The topological polar surface area (TPSA) is 43.0 Å². The Labute approximate surface area is 139 Å². The summed E-state index contributed by atoms with van der Waals surface area (Å²) < 4.78 is 9.44. The number of hydrogen-bond acceptors (Lipinski definition) is 3. The molecule has 0 unspecified atom stereocenters. The Balaban J connectivity index is 1.60. The minimum atomic E-state index is 0.704. The van der Waals surface area contributed by atoms with Crippen molar-refractivity contribution in [1.29, 1.82) is 0 Å². The smallest absolute Gasteiger partial charge is 0.183 e. The minimum absolute atomic E-state index is 0.704. The number of para-hydroxylation sites is 2. The van der Waals surface area contributed by atoms with Gasteiger partial charge in [0, 0.05) is 13.1 Å². The zero-order valence-corrected chi connectivity index (χ0v) is 14.7. The van der Waals surface area contributed by atoms with Gasteiger partial charge in [-0.2, -0.15) is 0 Å². The predicted molar refractivity (Wildman–Crippen MR) is 90.3 cm³/mol. The van der Waals surface area contributed by atoms with Crippen LogP contribution in [0.2, 0.25) is 0 Å². The van der Waals surface area contributed by atoms with E-state index in [1.807, 2.05) is 31.2 Å². The number of halogens is 2. The van der Waals surface area contributed by atoms with E-state index >= 15 is 0 Å². The molecule has 1 N–H and O–H groups in total. The Morgan fingerprint density at radius 1 is 1.29 bits per heavy atom. The summed E-state index contributed by atoms with van der Waals surface area (Å²) in [4.78, 5) is 4.57. The van der Waals surface area contributed by atoms with Crippen molar-refractivity contribution < 1.29 is 4.42 Å². The largest absolute Gasteiger partial charge is 0.452 e. The molecule has 3 aromatic rings. The van der Waals surface area contributed by atoms with Crippen molar-refractivity contribution >= 4 is 42.9 Å². The second-order valence-corrected chi connectivity index (χ2v) is 6.39. The highest BCUT2D eigenvalue weighted by Gasteiger charge is 2.07. The van der Waals surface area contributed by atoms with Gasteiger partial charge in [-0.05, 0) is 57.0 Å². The third-order valence-corrected chi connectivity index (χ3v) is 5.06. The van der Waals surface area contributed by atoms with E-state index in [0.29, 0.717) is 6.54 Å². The number of nitrogens with zero attached hydrogens (tertiary/aromatic N) is 2. The van der Waals surface area contributed by atoms with Crippen LogP contribution < -0.4 is 5.32 Å². The van der Waals surface area contributed by atoms with Gasteiger partial charge >= 0.3 is 0 Å². The molecule has 0 amide bonds. The summed E-state index contributed by atoms with van der Waals surface area (Å²) in [6.45, 7) is 4.49. The number of benzene rings is 1. The summed E-state index contributed by atoms with van der Waals surface area (Å²) in [5, 5.41) is 3.39. The minimum Gasteiger partial charge on any atom is -0.452 e. The van der Waals surface area contributed by atoms with Gasteiger partial charge in [0.2, 0.25) is 0 Å². The first-order valence-electron chi connectivity index (χ1n) is 6.71. The van der Waals surface area contributed by atoms with Crippen LogP contribution in [-0.4, -0.2) is 16.1 Å². The van der Waals surface area contributed by atoms with Crippen molar-refractivity contribution in [2.45, 2.75) is 20.0 Å². The van der Waals surface area contributed by atoms with Crippen LogP contribution in [0.15, 0.2) is 43.9 Å². The van der Waals surface area contributed by atoms with Crippen molar-refractivity contribution in [1.82, 2.24) is 14.9 Å². The molecule has 0 saturated heterocycles. The number of aryl methyl sites for hydroxylation is 1. The van der Waals surface area contributed by atoms with Crippen molar-refractivity contribution in [2.24, 2.45) is 0 Å². The first kappa shape index (κ1) is 14.8. The van der Waals surface area contributed by atoms with E-state index in [0.717, 1.165) is 39.3 Å². The molecule has 0 bridgehead atoms. The van der Waals surface area contributed by atoms with E-state index in [-0.39, 0.29) is 0 Å². The third kappa shape index (κ3) is 3.22. The number of furan rings is 1. The number of aromatic nitrogens is 2. The van der Waals surface area contributed by atoms with Gasteiger partial charge in [-0.15, -0.1) is 0 Å². The summed E-state index contributed by atoms with van der Waals surface area (Å²) >= 11 is 6.75. The van der Waals surface area contributed by atoms with E-state index in [9.17, 15) is 0 Å². The second kappa shape index (κ2) is 6.34. The average Bonchev–Trinajstić information content (AvgIpc) is 2.95. The van der Waals surface area contributed by atoms with Crippen LogP contribution in [-0.2, 0) is 13.1 Å². The van der Waals surface area contributed by atoms with Crippen LogP contribution >= 0.6 is 31.9 Å². The van der Waals surface area contributed by atoms with Gasteiger partial charge in [0.15, 0.2) is 4.67 Å². The highest BCUT2D eigenvalue weighted by atomic mass is 79.9. The van der Waals surface area contributed by atoms with E-state index < -0.39 is 0 Å². The fourth-order valence-corrected chi connectivity index (χ4v) is 3.02. The lowest BCUT2D eigenvalue weighted by Gasteiger charge is -2.07. The Morgan fingerprint density at radius 3 is 2.86 bits per heavy atom. The maximum absolute atomic E-state index is 5.53. The van der Waals surface area contributed by atoms with Crippen LogP contribution in [0.4, 0.5) is 0 Å². The maximum atomic E-state index is 5.53. The van der Waals surface area contributed by atoms with Gasteiger partial charge in [0.1, 0.15) is 11.6 Å². The molecule has 6 heteroatoms. The van der Waals surface area contributed by atoms with Gasteiger partial charge < -0.3 is 14.3 Å². The van der Waals surface area contributed by atoms with Crippen LogP contribution in [0.25, 0.3) is 11.0 Å². The molecular weight excluding hydrogens is 398 g/mol. The van der Waals surface area contributed by atoms with Gasteiger partial charge in [-0.3, -0.25) is 0 Å². The average molecular weight is 413 g/mol. The van der Waals surface area contributed by atoms with Gasteiger partial charge in [-0.25, -0.2) is 4.98 Å². The molecule has 110 valence electrons. The first-order chi connectivity index (χ1) is 10.1. The predicted octanol–water partition coefficient (Wildman–Crippen LogP) is 4.25. The Kier molecular flexibility index (Phi) is 4.47. The Hall–Kier alpha value is -1.11. The fraction of sp³-hybridized carbons (Fsp3) is 0.267. The molecule has 0 aliphatic heterocycles. The molecule has 0 saturated carbocycles. The number of nitrogens with one attached hydrogen (secondary N) is 1. The highest BCUT2D eigenvalue weighted by molar-refractivity contribution is 9.13. The Morgan fingerprint density at radius 2 is 2.10 bits per heavy atom. The molecular formula is C15H15Br2N3O. The normalized spacial score (nSPS) is 11.4.